The number of rotatable bonds is 4. The van der Waals surface area contributed by atoms with Gasteiger partial charge < -0.3 is 10.2 Å². The molecule has 0 atom stereocenters. The number of benzene rings is 2. The molecule has 1 N–H and O–H groups in total. The van der Waals surface area contributed by atoms with Gasteiger partial charge in [0.05, 0.1) is 4.92 Å². The molecule has 1 fully saturated rings. The minimum Gasteiger partial charge on any atom is -0.322 e. The first-order valence-electron chi connectivity index (χ1n) is 7.51. The molecule has 0 aliphatic carbocycles. The smallest absolute Gasteiger partial charge is 0.269 e. The number of hydrogen-bond donors (Lipinski definition) is 1. The molecule has 0 aromatic heterocycles. The molecule has 2 amide bonds. The van der Waals surface area contributed by atoms with Crippen molar-refractivity contribution in [3.05, 3.63) is 64.2 Å². The van der Waals surface area contributed by atoms with Crippen LogP contribution >= 0.6 is 0 Å². The zero-order valence-electron chi connectivity index (χ0n) is 12.8. The number of nitrogens with one attached hydrogen (secondary N) is 1. The molecule has 7 heteroatoms. The molecule has 1 saturated heterocycles. The summed E-state index contributed by atoms with van der Waals surface area (Å²) in [6.07, 6.45) is 1.34. The van der Waals surface area contributed by atoms with Gasteiger partial charge in [-0.05, 0) is 36.8 Å². The molecule has 1 aliphatic rings. The summed E-state index contributed by atoms with van der Waals surface area (Å²) in [5.41, 5.74) is 1.55. The predicted molar refractivity (Wildman–Crippen MR) is 89.1 cm³/mol. The summed E-state index contributed by atoms with van der Waals surface area (Å²) in [6, 6.07) is 12.5. The van der Waals surface area contributed by atoms with Crippen LogP contribution in [0, 0.1) is 10.1 Å². The fourth-order valence-electron chi connectivity index (χ4n) is 2.61. The molecule has 7 nitrogen and oxygen atoms in total. The lowest BCUT2D eigenvalue weighted by atomic mass is 10.1. The molecular formula is C17H15N3O4. The van der Waals surface area contributed by atoms with E-state index in [1.54, 1.807) is 29.2 Å². The Morgan fingerprint density at radius 1 is 1.17 bits per heavy atom. The monoisotopic (exact) mass is 325 g/mol. The second-order valence-electron chi connectivity index (χ2n) is 5.46. The number of nitro groups is 1. The van der Waals surface area contributed by atoms with Gasteiger partial charge in [-0.1, -0.05) is 6.07 Å². The second-order valence-corrected chi connectivity index (χ2v) is 5.46. The van der Waals surface area contributed by atoms with E-state index >= 15 is 0 Å². The Morgan fingerprint density at radius 2 is 1.92 bits per heavy atom. The highest BCUT2D eigenvalue weighted by atomic mass is 16.6. The molecule has 0 unspecified atom stereocenters. The van der Waals surface area contributed by atoms with Gasteiger partial charge in [0, 0.05) is 42.0 Å². The van der Waals surface area contributed by atoms with Crippen LogP contribution in [0.15, 0.2) is 48.5 Å². The molecule has 24 heavy (non-hydrogen) atoms. The van der Waals surface area contributed by atoms with Crippen molar-refractivity contribution < 1.29 is 14.5 Å². The molecular weight excluding hydrogens is 310 g/mol. The van der Waals surface area contributed by atoms with Crippen molar-refractivity contribution in [2.75, 3.05) is 16.8 Å². The molecule has 3 rings (SSSR count). The summed E-state index contributed by atoms with van der Waals surface area (Å²) >= 11 is 0. The van der Waals surface area contributed by atoms with Crippen LogP contribution in [0.4, 0.5) is 17.1 Å². The number of hydrogen-bond acceptors (Lipinski definition) is 4. The van der Waals surface area contributed by atoms with Crippen molar-refractivity contribution in [3.63, 3.8) is 0 Å². The Bertz CT molecular complexity index is 802. The molecule has 122 valence electrons. The van der Waals surface area contributed by atoms with Crippen LogP contribution in [0.1, 0.15) is 23.2 Å². The average Bonchev–Trinajstić information content (AvgIpc) is 3.01. The van der Waals surface area contributed by atoms with Gasteiger partial charge in [0.25, 0.3) is 11.6 Å². The van der Waals surface area contributed by atoms with E-state index in [2.05, 4.69) is 5.32 Å². The van der Waals surface area contributed by atoms with Gasteiger partial charge in [0.2, 0.25) is 5.91 Å². The molecule has 2 aromatic carbocycles. The van der Waals surface area contributed by atoms with Crippen LogP contribution in [-0.4, -0.2) is 23.3 Å². The summed E-state index contributed by atoms with van der Waals surface area (Å²) in [5.74, 6) is -0.278. The summed E-state index contributed by atoms with van der Waals surface area (Å²) < 4.78 is 0. The van der Waals surface area contributed by atoms with E-state index in [1.807, 2.05) is 0 Å². The lowest BCUT2D eigenvalue weighted by Crippen LogP contribution is -2.24. The molecule has 0 bridgehead atoms. The lowest BCUT2D eigenvalue weighted by Gasteiger charge is -2.16. The van der Waals surface area contributed by atoms with Crippen LogP contribution < -0.4 is 10.2 Å². The molecule has 0 saturated carbocycles. The van der Waals surface area contributed by atoms with Gasteiger partial charge in [-0.15, -0.1) is 0 Å². The fraction of sp³-hybridized carbons (Fsp3) is 0.176. The van der Waals surface area contributed by atoms with E-state index in [-0.39, 0.29) is 17.5 Å². The van der Waals surface area contributed by atoms with E-state index in [0.717, 1.165) is 6.42 Å². The molecule has 1 aliphatic heterocycles. The summed E-state index contributed by atoms with van der Waals surface area (Å²) in [4.78, 5) is 35.9. The Labute approximate surface area is 138 Å². The number of amides is 2. The zero-order chi connectivity index (χ0) is 17.1. The summed E-state index contributed by atoms with van der Waals surface area (Å²) in [7, 11) is 0. The molecule has 0 radical (unpaired) electrons. The molecule has 1 heterocycles. The van der Waals surface area contributed by atoms with E-state index in [0.29, 0.717) is 29.9 Å². The quantitative estimate of drug-likeness (QED) is 0.691. The van der Waals surface area contributed by atoms with Crippen molar-refractivity contribution in [1.82, 2.24) is 0 Å². The van der Waals surface area contributed by atoms with Crippen molar-refractivity contribution in [3.8, 4) is 0 Å². The number of carbonyl (C=O) groups is 2. The predicted octanol–water partition coefficient (Wildman–Crippen LogP) is 2.97. The highest BCUT2D eigenvalue weighted by Gasteiger charge is 2.22. The summed E-state index contributed by atoms with van der Waals surface area (Å²) in [5, 5.41) is 13.3. The van der Waals surface area contributed by atoms with Crippen molar-refractivity contribution >= 4 is 28.9 Å². The van der Waals surface area contributed by atoms with Crippen LogP contribution in [-0.2, 0) is 4.79 Å². The third-order valence-electron chi connectivity index (χ3n) is 3.83. The fourth-order valence-corrected chi connectivity index (χ4v) is 2.61. The standard InChI is InChI=1S/C17H15N3O4/c21-16-5-2-10-19(16)15-4-1-3-12(11-15)17(22)18-13-6-8-14(9-7-13)20(23)24/h1,3-4,6-9,11H,2,5,10H2,(H,18,22). The van der Waals surface area contributed by atoms with Gasteiger partial charge >= 0.3 is 0 Å². The second kappa shape index (κ2) is 6.49. The van der Waals surface area contributed by atoms with Crippen LogP contribution in [0.5, 0.6) is 0 Å². The van der Waals surface area contributed by atoms with Crippen molar-refractivity contribution in [1.29, 1.82) is 0 Å². The number of non-ortho nitro benzene ring substituents is 1. The maximum atomic E-state index is 12.3. The van der Waals surface area contributed by atoms with Gasteiger partial charge in [-0.25, -0.2) is 0 Å². The lowest BCUT2D eigenvalue weighted by molar-refractivity contribution is -0.384. The first-order chi connectivity index (χ1) is 11.5. The Morgan fingerprint density at radius 3 is 2.54 bits per heavy atom. The van der Waals surface area contributed by atoms with Gasteiger partial charge in [-0.3, -0.25) is 19.7 Å². The van der Waals surface area contributed by atoms with Gasteiger partial charge in [0.15, 0.2) is 0 Å². The van der Waals surface area contributed by atoms with Crippen LogP contribution in [0.3, 0.4) is 0 Å². The topological polar surface area (TPSA) is 92.5 Å². The third kappa shape index (κ3) is 3.24. The van der Waals surface area contributed by atoms with E-state index in [1.165, 1.54) is 24.3 Å². The van der Waals surface area contributed by atoms with Crippen molar-refractivity contribution in [2.45, 2.75) is 12.8 Å². The summed E-state index contributed by atoms with van der Waals surface area (Å²) in [6.45, 7) is 0.659. The normalized spacial score (nSPS) is 13.8. The van der Waals surface area contributed by atoms with Gasteiger partial charge in [-0.2, -0.15) is 0 Å². The third-order valence-corrected chi connectivity index (χ3v) is 3.83. The van der Waals surface area contributed by atoms with Crippen LogP contribution in [0.2, 0.25) is 0 Å². The maximum Gasteiger partial charge on any atom is 0.269 e. The van der Waals surface area contributed by atoms with Crippen molar-refractivity contribution in [2.24, 2.45) is 0 Å². The number of nitrogens with zero attached hydrogens (tertiary/aromatic N) is 2. The molecule has 0 spiro atoms. The minimum absolute atomic E-state index is 0.0393. The Balaban J connectivity index is 1.75. The highest BCUT2D eigenvalue weighted by molar-refractivity contribution is 6.05. The SMILES string of the molecule is O=C(Nc1ccc([N+](=O)[O-])cc1)c1cccc(N2CCCC2=O)c1. The van der Waals surface area contributed by atoms with Gasteiger partial charge in [0.1, 0.15) is 0 Å². The first-order valence-corrected chi connectivity index (χ1v) is 7.51. The minimum atomic E-state index is -0.498. The molecule has 2 aromatic rings. The maximum absolute atomic E-state index is 12.3. The largest absolute Gasteiger partial charge is 0.322 e. The average molecular weight is 325 g/mol. The zero-order valence-corrected chi connectivity index (χ0v) is 12.8. The first kappa shape index (κ1) is 15.7. The highest BCUT2D eigenvalue weighted by Crippen LogP contribution is 2.23. The van der Waals surface area contributed by atoms with E-state index < -0.39 is 4.92 Å². The number of anilines is 2. The number of nitro benzene ring substituents is 1. The van der Waals surface area contributed by atoms with E-state index in [4.69, 9.17) is 0 Å². The van der Waals surface area contributed by atoms with Crippen LogP contribution in [0.25, 0.3) is 0 Å². The van der Waals surface area contributed by atoms with E-state index in [9.17, 15) is 19.7 Å². The Kier molecular flexibility index (Phi) is 4.24. The number of carbonyl (C=O) groups excluding carboxylic acids is 2. The Hall–Kier alpha value is -3.22.